The monoisotopic (exact) mass is 195 g/mol. The molecule has 0 radical (unpaired) electrons. The quantitative estimate of drug-likeness (QED) is 0.532. The van der Waals surface area contributed by atoms with Crippen molar-refractivity contribution >= 4 is 17.9 Å². The van der Waals surface area contributed by atoms with Gasteiger partial charge in [-0.1, -0.05) is 13.8 Å². The lowest BCUT2D eigenvalue weighted by Gasteiger charge is -2.06. The molecule has 1 aromatic heterocycles. The number of nitrogens with one attached hydrogen (secondary N) is 2. The summed E-state index contributed by atoms with van der Waals surface area (Å²) >= 11 is 4.80. The Hall–Kier alpha value is -1.41. The van der Waals surface area contributed by atoms with Gasteiger partial charge in [-0.15, -0.1) is 0 Å². The molecular formula is C8H9N3OS. The third-order valence-electron chi connectivity index (χ3n) is 1.63. The minimum absolute atomic E-state index is 0.0908. The number of hydrogen-bond donors (Lipinski definition) is 2. The van der Waals surface area contributed by atoms with E-state index in [0.717, 1.165) is 0 Å². The number of aromatic nitrogens is 2. The third-order valence-corrected chi connectivity index (χ3v) is 1.84. The van der Waals surface area contributed by atoms with E-state index in [2.05, 4.69) is 14.8 Å². The lowest BCUT2D eigenvalue weighted by Crippen LogP contribution is -2.10. The van der Waals surface area contributed by atoms with Gasteiger partial charge in [-0.2, -0.15) is 0 Å². The van der Waals surface area contributed by atoms with Gasteiger partial charge >= 0.3 is 0 Å². The second-order valence-corrected chi connectivity index (χ2v) is 3.35. The van der Waals surface area contributed by atoms with Crippen LogP contribution in [-0.2, 0) is 0 Å². The summed E-state index contributed by atoms with van der Waals surface area (Å²) in [5, 5.41) is 0. The molecule has 1 rings (SSSR count). The van der Waals surface area contributed by atoms with Gasteiger partial charge in [0.15, 0.2) is 4.77 Å². The van der Waals surface area contributed by atoms with Crippen LogP contribution < -0.4 is 5.56 Å². The van der Waals surface area contributed by atoms with Gasteiger partial charge < -0.3 is 9.97 Å². The molecule has 1 heterocycles. The van der Waals surface area contributed by atoms with Crippen molar-refractivity contribution in [2.75, 3.05) is 0 Å². The summed E-state index contributed by atoms with van der Waals surface area (Å²) in [6.07, 6.45) is 0. The molecule has 0 fully saturated rings. The highest BCUT2D eigenvalue weighted by Gasteiger charge is 2.10. The largest absolute Gasteiger partial charge is 0.345 e. The van der Waals surface area contributed by atoms with Crippen LogP contribution in [0.15, 0.2) is 4.79 Å². The summed E-state index contributed by atoms with van der Waals surface area (Å²) in [5.74, 6) is 0.0908. The normalized spacial score (nSPS) is 10.0. The van der Waals surface area contributed by atoms with Crippen molar-refractivity contribution in [2.24, 2.45) is 0 Å². The number of H-pyrrole nitrogens is 2. The zero-order valence-corrected chi connectivity index (χ0v) is 8.16. The topological polar surface area (TPSA) is 53.0 Å². The Morgan fingerprint density at radius 2 is 2.08 bits per heavy atom. The Balaban J connectivity index is 3.60. The summed E-state index contributed by atoms with van der Waals surface area (Å²) in [6, 6.07) is 0. The smallest absolute Gasteiger partial charge is 0.269 e. The molecule has 0 spiro atoms. The summed E-state index contributed by atoms with van der Waals surface area (Å²) in [6.45, 7) is 10.6. The van der Waals surface area contributed by atoms with Gasteiger partial charge in [-0.3, -0.25) is 4.79 Å². The lowest BCUT2D eigenvalue weighted by atomic mass is 10.1. The molecule has 4 nitrogen and oxygen atoms in total. The number of nitrogens with zero attached hydrogens (tertiary/aromatic N) is 1. The standard InChI is InChI=1S/C8H9N3OS/c1-4(2)5-6(9-3)7(12)11-8(13)10-5/h4H,1-2H3,(H2,10,11,12,13). The van der Waals surface area contributed by atoms with E-state index in [4.69, 9.17) is 18.8 Å². The second kappa shape index (κ2) is 3.54. The second-order valence-electron chi connectivity index (χ2n) is 2.94. The molecule has 0 atom stereocenters. The maximum atomic E-state index is 11.2. The van der Waals surface area contributed by atoms with Crippen LogP contribution in [0.25, 0.3) is 4.85 Å². The van der Waals surface area contributed by atoms with Gasteiger partial charge in [-0.25, -0.2) is 4.85 Å². The van der Waals surface area contributed by atoms with Crippen LogP contribution in [0.3, 0.4) is 0 Å². The highest BCUT2D eigenvalue weighted by Crippen LogP contribution is 2.19. The molecule has 0 unspecified atom stereocenters. The van der Waals surface area contributed by atoms with Gasteiger partial charge in [0.2, 0.25) is 0 Å². The first kappa shape index (κ1) is 9.68. The van der Waals surface area contributed by atoms with Gasteiger partial charge in [0.25, 0.3) is 11.2 Å². The SMILES string of the molecule is [C-]#[N+]c1c(C(C)C)[nH]c(=S)[nH]c1=O. The van der Waals surface area contributed by atoms with Crippen LogP contribution in [0, 0.1) is 11.3 Å². The Morgan fingerprint density at radius 3 is 2.54 bits per heavy atom. The van der Waals surface area contributed by atoms with E-state index in [-0.39, 0.29) is 16.4 Å². The Labute approximate surface area is 80.5 Å². The highest BCUT2D eigenvalue weighted by atomic mass is 32.1. The van der Waals surface area contributed by atoms with Crippen LogP contribution in [0.4, 0.5) is 5.69 Å². The van der Waals surface area contributed by atoms with Crippen molar-refractivity contribution < 1.29 is 0 Å². The molecule has 0 aliphatic carbocycles. The molecule has 68 valence electrons. The Morgan fingerprint density at radius 1 is 1.46 bits per heavy atom. The molecule has 13 heavy (non-hydrogen) atoms. The van der Waals surface area contributed by atoms with Crippen LogP contribution in [0.1, 0.15) is 25.5 Å². The van der Waals surface area contributed by atoms with E-state index in [1.54, 1.807) is 0 Å². The minimum Gasteiger partial charge on any atom is -0.345 e. The van der Waals surface area contributed by atoms with Crippen molar-refractivity contribution in [2.45, 2.75) is 19.8 Å². The molecule has 0 aromatic carbocycles. The molecule has 2 N–H and O–H groups in total. The first-order valence-corrected chi connectivity index (χ1v) is 4.21. The van der Waals surface area contributed by atoms with Gasteiger partial charge in [0.1, 0.15) is 0 Å². The van der Waals surface area contributed by atoms with Crippen LogP contribution in [0.2, 0.25) is 0 Å². The minimum atomic E-state index is -0.414. The number of rotatable bonds is 1. The summed E-state index contributed by atoms with van der Waals surface area (Å²) in [4.78, 5) is 19.6. The fraction of sp³-hybridized carbons (Fsp3) is 0.375. The molecule has 0 amide bonds. The molecule has 5 heteroatoms. The molecule has 0 aliphatic heterocycles. The molecule has 0 aliphatic rings. The average molecular weight is 195 g/mol. The highest BCUT2D eigenvalue weighted by molar-refractivity contribution is 7.71. The van der Waals surface area contributed by atoms with Gasteiger partial charge in [0.05, 0.1) is 6.57 Å². The van der Waals surface area contributed by atoms with E-state index < -0.39 is 5.56 Å². The van der Waals surface area contributed by atoms with E-state index in [1.165, 1.54) is 0 Å². The van der Waals surface area contributed by atoms with Gasteiger partial charge in [0, 0.05) is 5.69 Å². The average Bonchev–Trinajstić information content (AvgIpc) is 2.02. The zero-order chi connectivity index (χ0) is 10.0. The predicted octanol–water partition coefficient (Wildman–Crippen LogP) is 2.11. The molecule has 1 aromatic rings. The number of hydrogen-bond acceptors (Lipinski definition) is 2. The summed E-state index contributed by atoms with van der Waals surface area (Å²) < 4.78 is 0.265. The maximum absolute atomic E-state index is 11.2. The summed E-state index contributed by atoms with van der Waals surface area (Å²) in [7, 11) is 0. The Bertz CT molecular complexity index is 464. The fourth-order valence-electron chi connectivity index (χ4n) is 1.03. The van der Waals surface area contributed by atoms with Crippen LogP contribution in [-0.4, -0.2) is 9.97 Å². The van der Waals surface area contributed by atoms with Crippen LogP contribution in [0.5, 0.6) is 0 Å². The Kier molecular flexibility index (Phi) is 2.63. The van der Waals surface area contributed by atoms with E-state index in [0.29, 0.717) is 5.69 Å². The third kappa shape index (κ3) is 1.84. The predicted molar refractivity (Wildman–Crippen MR) is 52.6 cm³/mol. The van der Waals surface area contributed by atoms with Crippen molar-refractivity contribution in [1.82, 2.24) is 9.97 Å². The zero-order valence-electron chi connectivity index (χ0n) is 7.34. The van der Waals surface area contributed by atoms with Crippen molar-refractivity contribution in [3.05, 3.63) is 32.2 Å². The first-order valence-electron chi connectivity index (χ1n) is 3.80. The molecule has 0 saturated heterocycles. The van der Waals surface area contributed by atoms with E-state index >= 15 is 0 Å². The van der Waals surface area contributed by atoms with Crippen molar-refractivity contribution in [3.63, 3.8) is 0 Å². The molecule has 0 saturated carbocycles. The first-order chi connectivity index (χ1) is 6.06. The fourth-order valence-corrected chi connectivity index (χ4v) is 1.23. The van der Waals surface area contributed by atoms with Gasteiger partial charge in [-0.05, 0) is 18.1 Å². The summed E-state index contributed by atoms with van der Waals surface area (Å²) in [5.41, 5.74) is 0.287. The lowest BCUT2D eigenvalue weighted by molar-refractivity contribution is 0.811. The van der Waals surface area contributed by atoms with Crippen LogP contribution >= 0.6 is 12.2 Å². The number of aromatic amines is 2. The van der Waals surface area contributed by atoms with Crippen molar-refractivity contribution in [3.8, 4) is 0 Å². The maximum Gasteiger partial charge on any atom is 0.269 e. The van der Waals surface area contributed by atoms with E-state index in [9.17, 15) is 4.79 Å². The molecular weight excluding hydrogens is 186 g/mol. The molecule has 0 bridgehead atoms. The van der Waals surface area contributed by atoms with E-state index in [1.807, 2.05) is 13.8 Å². The van der Waals surface area contributed by atoms with Crippen molar-refractivity contribution in [1.29, 1.82) is 0 Å².